The summed E-state index contributed by atoms with van der Waals surface area (Å²) in [6, 6.07) is 9.37. The molecular weight excluding hydrogens is 244 g/mol. The standard InChI is InChI=1S/C14H14N2O3/c1-10(2)15-9-8-12(17)16(14(15)19)13(18)11-6-4-3-5-7-11/h3-10H,1-2H3. The van der Waals surface area contributed by atoms with Gasteiger partial charge in [-0.25, -0.2) is 4.79 Å². The molecule has 1 aromatic carbocycles. The van der Waals surface area contributed by atoms with E-state index in [0.29, 0.717) is 10.1 Å². The van der Waals surface area contributed by atoms with Crippen molar-refractivity contribution < 1.29 is 4.79 Å². The third-order valence-electron chi connectivity index (χ3n) is 2.79. The van der Waals surface area contributed by atoms with Crippen LogP contribution in [0.1, 0.15) is 30.2 Å². The van der Waals surface area contributed by atoms with E-state index >= 15 is 0 Å². The molecule has 0 bridgehead atoms. The van der Waals surface area contributed by atoms with Crippen molar-refractivity contribution in [3.8, 4) is 0 Å². The van der Waals surface area contributed by atoms with Gasteiger partial charge in [-0.3, -0.25) is 14.2 Å². The molecule has 2 rings (SSSR count). The van der Waals surface area contributed by atoms with E-state index in [1.807, 2.05) is 13.8 Å². The van der Waals surface area contributed by atoms with E-state index in [9.17, 15) is 14.4 Å². The van der Waals surface area contributed by atoms with Crippen molar-refractivity contribution in [2.24, 2.45) is 0 Å². The van der Waals surface area contributed by atoms with Crippen molar-refractivity contribution in [1.82, 2.24) is 9.13 Å². The molecule has 0 spiro atoms. The lowest BCUT2D eigenvalue weighted by Gasteiger charge is -2.11. The van der Waals surface area contributed by atoms with Gasteiger partial charge in [-0.05, 0) is 26.0 Å². The molecule has 0 saturated heterocycles. The van der Waals surface area contributed by atoms with E-state index in [4.69, 9.17) is 0 Å². The number of carbonyl (C=O) groups excluding carboxylic acids is 1. The topological polar surface area (TPSA) is 61.1 Å². The summed E-state index contributed by atoms with van der Waals surface area (Å²) in [4.78, 5) is 36.1. The summed E-state index contributed by atoms with van der Waals surface area (Å²) >= 11 is 0. The Bertz CT molecular complexity index is 711. The largest absolute Gasteiger partial charge is 0.338 e. The Labute approximate surface area is 109 Å². The molecule has 0 saturated carbocycles. The lowest BCUT2D eigenvalue weighted by atomic mass is 10.2. The van der Waals surface area contributed by atoms with Gasteiger partial charge in [0.25, 0.3) is 11.5 Å². The van der Waals surface area contributed by atoms with Crippen molar-refractivity contribution >= 4 is 5.91 Å². The second-order valence-electron chi connectivity index (χ2n) is 4.44. The minimum absolute atomic E-state index is 0.122. The average Bonchev–Trinajstić information content (AvgIpc) is 2.39. The summed E-state index contributed by atoms with van der Waals surface area (Å²) < 4.78 is 2.01. The van der Waals surface area contributed by atoms with E-state index in [-0.39, 0.29) is 6.04 Å². The Morgan fingerprint density at radius 1 is 1.05 bits per heavy atom. The highest BCUT2D eigenvalue weighted by molar-refractivity contribution is 5.95. The molecule has 2 aromatic rings. The molecule has 0 atom stereocenters. The highest BCUT2D eigenvalue weighted by Gasteiger charge is 2.15. The SMILES string of the molecule is CC(C)n1ccc(=O)n(C(=O)c2ccccc2)c1=O. The molecule has 0 aliphatic heterocycles. The van der Waals surface area contributed by atoms with Gasteiger partial charge < -0.3 is 0 Å². The summed E-state index contributed by atoms with van der Waals surface area (Å²) in [6.45, 7) is 3.62. The van der Waals surface area contributed by atoms with Gasteiger partial charge in [-0.15, -0.1) is 0 Å². The predicted molar refractivity (Wildman–Crippen MR) is 71.5 cm³/mol. The van der Waals surface area contributed by atoms with E-state index < -0.39 is 17.2 Å². The van der Waals surface area contributed by atoms with Crippen LogP contribution >= 0.6 is 0 Å². The van der Waals surface area contributed by atoms with Crippen LogP contribution in [0, 0.1) is 0 Å². The first-order chi connectivity index (χ1) is 9.02. The van der Waals surface area contributed by atoms with Crippen molar-refractivity contribution in [3.05, 3.63) is 69.0 Å². The van der Waals surface area contributed by atoms with Crippen LogP contribution in [0.15, 0.2) is 52.2 Å². The molecule has 1 aromatic heterocycles. The minimum Gasteiger partial charge on any atom is -0.298 e. The van der Waals surface area contributed by atoms with Crippen molar-refractivity contribution in [2.45, 2.75) is 19.9 Å². The summed E-state index contributed by atoms with van der Waals surface area (Å²) in [5.74, 6) is -0.606. The molecule has 19 heavy (non-hydrogen) atoms. The van der Waals surface area contributed by atoms with Crippen LogP contribution < -0.4 is 11.2 Å². The molecule has 5 heteroatoms. The van der Waals surface area contributed by atoms with Gasteiger partial charge >= 0.3 is 5.69 Å². The molecule has 98 valence electrons. The number of benzene rings is 1. The molecule has 5 nitrogen and oxygen atoms in total. The Morgan fingerprint density at radius 3 is 2.26 bits per heavy atom. The van der Waals surface area contributed by atoms with Gasteiger partial charge in [0.15, 0.2) is 0 Å². The van der Waals surface area contributed by atoms with Gasteiger partial charge in [-0.1, -0.05) is 18.2 Å². The molecule has 0 aliphatic rings. The number of aromatic nitrogens is 2. The Hall–Kier alpha value is -2.43. The third kappa shape index (κ3) is 2.40. The maximum atomic E-state index is 12.2. The second kappa shape index (κ2) is 5.06. The van der Waals surface area contributed by atoms with Crippen LogP contribution in [0.5, 0.6) is 0 Å². The quantitative estimate of drug-likeness (QED) is 0.815. The van der Waals surface area contributed by atoms with Gasteiger partial charge in [0.1, 0.15) is 0 Å². The maximum Gasteiger partial charge on any atom is 0.338 e. The average molecular weight is 258 g/mol. The van der Waals surface area contributed by atoms with E-state index in [1.54, 1.807) is 30.3 Å². The molecular formula is C14H14N2O3. The fourth-order valence-electron chi connectivity index (χ4n) is 1.78. The number of nitrogens with zero attached hydrogens (tertiary/aromatic N) is 2. The van der Waals surface area contributed by atoms with Gasteiger partial charge in [0.2, 0.25) is 0 Å². The van der Waals surface area contributed by atoms with Crippen LogP contribution in [-0.4, -0.2) is 15.0 Å². The van der Waals surface area contributed by atoms with E-state index in [1.165, 1.54) is 16.8 Å². The predicted octanol–water partition coefficient (Wildman–Crippen LogP) is 1.28. The second-order valence-corrected chi connectivity index (χ2v) is 4.44. The van der Waals surface area contributed by atoms with Crippen molar-refractivity contribution in [2.75, 3.05) is 0 Å². The summed E-state index contributed by atoms with van der Waals surface area (Å²) in [5.41, 5.74) is -0.921. The summed E-state index contributed by atoms with van der Waals surface area (Å²) in [7, 11) is 0. The van der Waals surface area contributed by atoms with E-state index in [0.717, 1.165) is 0 Å². The fourth-order valence-corrected chi connectivity index (χ4v) is 1.78. The molecule has 0 fully saturated rings. The first-order valence-corrected chi connectivity index (χ1v) is 5.96. The lowest BCUT2D eigenvalue weighted by Crippen LogP contribution is -2.43. The fraction of sp³-hybridized carbons (Fsp3) is 0.214. The van der Waals surface area contributed by atoms with Crippen molar-refractivity contribution in [1.29, 1.82) is 0 Å². The van der Waals surface area contributed by atoms with Crippen LogP contribution in [0.4, 0.5) is 0 Å². The smallest absolute Gasteiger partial charge is 0.298 e. The van der Waals surface area contributed by atoms with Crippen LogP contribution in [0.2, 0.25) is 0 Å². The molecule has 0 radical (unpaired) electrons. The number of carbonyl (C=O) groups is 1. The Balaban J connectivity index is 2.64. The molecule has 0 N–H and O–H groups in total. The van der Waals surface area contributed by atoms with Crippen LogP contribution in [0.25, 0.3) is 0 Å². The molecule has 0 amide bonds. The first kappa shape index (κ1) is 13.0. The summed E-state index contributed by atoms with van der Waals surface area (Å²) in [6.07, 6.45) is 1.41. The third-order valence-corrected chi connectivity index (χ3v) is 2.79. The van der Waals surface area contributed by atoms with Gasteiger partial charge in [-0.2, -0.15) is 4.57 Å². The number of hydrogen-bond donors (Lipinski definition) is 0. The highest BCUT2D eigenvalue weighted by Crippen LogP contribution is 2.01. The van der Waals surface area contributed by atoms with Gasteiger partial charge in [0.05, 0.1) is 0 Å². The Morgan fingerprint density at radius 2 is 1.68 bits per heavy atom. The lowest BCUT2D eigenvalue weighted by molar-refractivity contribution is 0.0948. The van der Waals surface area contributed by atoms with E-state index in [2.05, 4.69) is 0 Å². The van der Waals surface area contributed by atoms with Crippen LogP contribution in [-0.2, 0) is 0 Å². The molecule has 0 aliphatic carbocycles. The zero-order chi connectivity index (χ0) is 14.0. The molecule has 0 unspecified atom stereocenters. The minimum atomic E-state index is -0.615. The Kier molecular flexibility index (Phi) is 3.46. The van der Waals surface area contributed by atoms with Gasteiger partial charge in [0, 0.05) is 23.9 Å². The number of rotatable bonds is 2. The highest BCUT2D eigenvalue weighted by atomic mass is 16.2. The van der Waals surface area contributed by atoms with Crippen molar-refractivity contribution in [3.63, 3.8) is 0 Å². The maximum absolute atomic E-state index is 12.2. The zero-order valence-electron chi connectivity index (χ0n) is 10.7. The normalized spacial score (nSPS) is 10.7. The molecule has 1 heterocycles. The van der Waals surface area contributed by atoms with Crippen LogP contribution in [0.3, 0.4) is 0 Å². The zero-order valence-corrected chi connectivity index (χ0v) is 10.7. The monoisotopic (exact) mass is 258 g/mol. The summed E-state index contributed by atoms with van der Waals surface area (Å²) in [5, 5.41) is 0. The number of hydrogen-bond acceptors (Lipinski definition) is 3. The first-order valence-electron chi connectivity index (χ1n) is 5.96.